The van der Waals surface area contributed by atoms with Gasteiger partial charge in [-0.3, -0.25) is 5.10 Å². The summed E-state index contributed by atoms with van der Waals surface area (Å²) in [6.07, 6.45) is 4.63. The molecule has 2 fully saturated rings. The Bertz CT molecular complexity index is 1480. The van der Waals surface area contributed by atoms with Crippen molar-refractivity contribution in [2.75, 3.05) is 44.4 Å². The summed E-state index contributed by atoms with van der Waals surface area (Å²) in [5.41, 5.74) is 6.06. The predicted octanol–water partition coefficient (Wildman–Crippen LogP) is 3.67. The SMILES string of the molecule is COc1cc2[nH]nc(-c3ccc(N4CC5(CNC5)C4)nc3)c2cc1O[C@@H](C)c1c(C)cnnc1C.CS(=O)O.[HH]. The number of hydrogen-bond acceptors (Lipinski definition) is 9. The van der Waals surface area contributed by atoms with Crippen molar-refractivity contribution in [1.82, 2.24) is 30.7 Å². The third-order valence-electron chi connectivity index (χ3n) is 7.23. The summed E-state index contributed by atoms with van der Waals surface area (Å²) in [5, 5.41) is 20.3. The first-order valence-corrected chi connectivity index (χ1v) is 14.2. The van der Waals surface area contributed by atoms with Gasteiger partial charge in [0, 0.05) is 68.1 Å². The molecule has 0 amide bonds. The average Bonchev–Trinajstić information content (AvgIpc) is 3.24. The molecule has 2 atom stereocenters. The maximum Gasteiger partial charge on any atom is 0.162 e. The number of pyridine rings is 1. The van der Waals surface area contributed by atoms with Crippen LogP contribution in [-0.4, -0.2) is 73.7 Å². The monoisotopic (exact) mass is 553 g/mol. The second kappa shape index (κ2) is 10.9. The van der Waals surface area contributed by atoms with E-state index < -0.39 is 11.1 Å². The lowest BCUT2D eigenvalue weighted by Crippen LogP contribution is -2.71. The van der Waals surface area contributed by atoms with Gasteiger partial charge in [0.05, 0.1) is 24.5 Å². The molecular weight excluding hydrogens is 518 g/mol. The number of aryl methyl sites for hydroxylation is 2. The number of aromatic nitrogens is 5. The molecule has 3 aromatic heterocycles. The van der Waals surface area contributed by atoms with E-state index in [-0.39, 0.29) is 7.53 Å². The van der Waals surface area contributed by atoms with Crippen molar-refractivity contribution in [3.8, 4) is 22.8 Å². The number of fused-ring (bicyclic) bond motifs is 1. The lowest BCUT2D eigenvalue weighted by Gasteiger charge is -2.56. The van der Waals surface area contributed by atoms with Gasteiger partial charge in [0.15, 0.2) is 11.5 Å². The molecule has 6 rings (SSSR count). The average molecular weight is 554 g/mol. The van der Waals surface area contributed by atoms with E-state index in [2.05, 4.69) is 42.7 Å². The Morgan fingerprint density at radius 1 is 1.18 bits per heavy atom. The Balaban J connectivity index is 0.000000695. The Hall–Kier alpha value is -3.61. The summed E-state index contributed by atoms with van der Waals surface area (Å²) in [5.74, 6) is 2.31. The van der Waals surface area contributed by atoms with Crippen LogP contribution in [0.4, 0.5) is 5.82 Å². The quantitative estimate of drug-likeness (QED) is 0.303. The minimum absolute atomic E-state index is 0. The number of hydrogen-bond donors (Lipinski definition) is 3. The standard InChI is InChI=1S/C26H29N7O2.CH4O2S.H2/c1-15-9-29-30-16(2)24(15)17(3)35-22-7-19-20(8-21(22)34-4)31-32-25(19)18-5-6-23(28-10-18)33-13-26(14-33)11-27-12-26;1-4(2)3;/h5-10,17,27H,11-14H2,1-4H3,(H,31,32);1H3,(H,2,3);1H/t17-;;/m0../s1. The van der Waals surface area contributed by atoms with Gasteiger partial charge < -0.3 is 24.2 Å². The Kier molecular flexibility index (Phi) is 7.52. The molecule has 4 aromatic rings. The predicted molar refractivity (Wildman–Crippen MR) is 153 cm³/mol. The summed E-state index contributed by atoms with van der Waals surface area (Å²) in [6.45, 7) is 10.4. The number of nitrogens with zero attached hydrogens (tertiary/aromatic N) is 5. The van der Waals surface area contributed by atoms with Crippen molar-refractivity contribution in [2.24, 2.45) is 5.41 Å². The summed E-state index contributed by atoms with van der Waals surface area (Å²) >= 11 is -1.61. The van der Waals surface area contributed by atoms with Crippen molar-refractivity contribution in [3.05, 3.63) is 53.5 Å². The van der Waals surface area contributed by atoms with Crippen molar-refractivity contribution >= 4 is 27.8 Å². The minimum Gasteiger partial charge on any atom is -0.493 e. The second-order valence-electron chi connectivity index (χ2n) is 10.2. The number of ether oxygens (including phenoxy) is 2. The molecule has 2 aliphatic rings. The summed E-state index contributed by atoms with van der Waals surface area (Å²) in [4.78, 5) is 7.07. The van der Waals surface area contributed by atoms with Gasteiger partial charge in [-0.05, 0) is 44.5 Å². The highest BCUT2D eigenvalue weighted by Crippen LogP contribution is 2.40. The second-order valence-corrected chi connectivity index (χ2v) is 11.0. The molecule has 12 heteroatoms. The zero-order valence-corrected chi connectivity index (χ0v) is 23.5. The fourth-order valence-corrected chi connectivity index (χ4v) is 5.31. The molecular formula is C27H35N7O4S. The van der Waals surface area contributed by atoms with Gasteiger partial charge in [-0.25, -0.2) is 9.19 Å². The lowest BCUT2D eigenvalue weighted by atomic mass is 9.74. The Morgan fingerprint density at radius 3 is 2.51 bits per heavy atom. The molecule has 39 heavy (non-hydrogen) atoms. The topological polar surface area (TPSA) is 138 Å². The van der Waals surface area contributed by atoms with E-state index in [9.17, 15) is 0 Å². The number of nitrogens with one attached hydrogen (secondary N) is 2. The summed E-state index contributed by atoms with van der Waals surface area (Å²) in [6, 6.07) is 8.08. The van der Waals surface area contributed by atoms with Crippen LogP contribution in [0, 0.1) is 19.3 Å². The van der Waals surface area contributed by atoms with Crippen LogP contribution in [-0.2, 0) is 11.1 Å². The van der Waals surface area contributed by atoms with Crippen LogP contribution in [0.2, 0.25) is 0 Å². The molecule has 2 aliphatic heterocycles. The van der Waals surface area contributed by atoms with Crippen LogP contribution in [0.5, 0.6) is 11.5 Å². The van der Waals surface area contributed by atoms with Crippen molar-refractivity contribution < 1.29 is 19.7 Å². The molecule has 0 bridgehead atoms. The highest BCUT2D eigenvalue weighted by atomic mass is 32.2. The van der Waals surface area contributed by atoms with Gasteiger partial charge in [0.25, 0.3) is 0 Å². The van der Waals surface area contributed by atoms with Gasteiger partial charge in [-0.15, -0.1) is 0 Å². The van der Waals surface area contributed by atoms with E-state index in [4.69, 9.17) is 23.2 Å². The van der Waals surface area contributed by atoms with E-state index in [1.54, 1.807) is 13.3 Å². The van der Waals surface area contributed by atoms with E-state index in [0.29, 0.717) is 16.9 Å². The zero-order valence-electron chi connectivity index (χ0n) is 22.7. The maximum absolute atomic E-state index is 9.11. The molecule has 2 saturated heterocycles. The molecule has 1 unspecified atom stereocenters. The van der Waals surface area contributed by atoms with Crippen LogP contribution in [0.1, 0.15) is 31.3 Å². The number of aromatic amines is 1. The van der Waals surface area contributed by atoms with Crippen LogP contribution >= 0.6 is 0 Å². The third kappa shape index (κ3) is 5.45. The molecule has 11 nitrogen and oxygen atoms in total. The van der Waals surface area contributed by atoms with Crippen LogP contribution in [0.15, 0.2) is 36.7 Å². The summed E-state index contributed by atoms with van der Waals surface area (Å²) < 4.78 is 28.7. The molecule has 0 aliphatic carbocycles. The number of anilines is 1. The molecule has 5 heterocycles. The largest absolute Gasteiger partial charge is 0.493 e. The minimum atomic E-state index is -1.61. The molecule has 0 radical (unpaired) electrons. The highest BCUT2D eigenvalue weighted by molar-refractivity contribution is 7.78. The first-order valence-electron chi connectivity index (χ1n) is 12.7. The zero-order chi connectivity index (χ0) is 27.7. The fourth-order valence-electron chi connectivity index (χ4n) is 5.31. The van der Waals surface area contributed by atoms with Gasteiger partial charge >= 0.3 is 0 Å². The van der Waals surface area contributed by atoms with E-state index in [1.165, 1.54) is 6.26 Å². The first kappa shape index (κ1) is 27.0. The van der Waals surface area contributed by atoms with Gasteiger partial charge in [0.2, 0.25) is 0 Å². The highest BCUT2D eigenvalue weighted by Gasteiger charge is 2.47. The molecule has 3 N–H and O–H groups in total. The maximum atomic E-state index is 9.11. The van der Waals surface area contributed by atoms with Gasteiger partial charge in [0.1, 0.15) is 28.7 Å². The molecule has 208 valence electrons. The lowest BCUT2D eigenvalue weighted by molar-refractivity contribution is 0.120. The first-order chi connectivity index (χ1) is 18.7. The summed E-state index contributed by atoms with van der Waals surface area (Å²) in [7, 11) is 1.64. The Labute approximate surface area is 231 Å². The fraction of sp³-hybridized carbons (Fsp3) is 0.407. The molecule has 0 saturated carbocycles. The number of rotatable bonds is 6. The normalized spacial score (nSPS) is 17.0. The van der Waals surface area contributed by atoms with Crippen molar-refractivity contribution in [2.45, 2.75) is 26.9 Å². The molecule has 1 spiro atoms. The van der Waals surface area contributed by atoms with Gasteiger partial charge in [-0.2, -0.15) is 15.3 Å². The van der Waals surface area contributed by atoms with E-state index in [1.807, 2.05) is 39.1 Å². The van der Waals surface area contributed by atoms with Crippen molar-refractivity contribution in [1.29, 1.82) is 0 Å². The smallest absolute Gasteiger partial charge is 0.162 e. The van der Waals surface area contributed by atoms with Crippen molar-refractivity contribution in [3.63, 3.8) is 0 Å². The third-order valence-corrected chi connectivity index (χ3v) is 7.23. The van der Waals surface area contributed by atoms with E-state index >= 15 is 0 Å². The van der Waals surface area contributed by atoms with Crippen LogP contribution < -0.4 is 19.7 Å². The van der Waals surface area contributed by atoms with E-state index in [0.717, 1.165) is 71.0 Å². The number of H-pyrrole nitrogens is 1. The Morgan fingerprint density at radius 2 is 1.92 bits per heavy atom. The number of methoxy groups -OCH3 is 1. The number of benzene rings is 1. The van der Waals surface area contributed by atoms with Crippen LogP contribution in [0.3, 0.4) is 0 Å². The van der Waals surface area contributed by atoms with Crippen LogP contribution in [0.25, 0.3) is 22.2 Å². The molecule has 1 aromatic carbocycles. The van der Waals surface area contributed by atoms with Gasteiger partial charge in [-0.1, -0.05) is 0 Å².